The minimum atomic E-state index is -3.19. The van der Waals surface area contributed by atoms with Crippen LogP contribution in [-0.4, -0.2) is 20.1 Å². The minimum Gasteiger partial charge on any atom is -0.366 e. The number of primary amides is 1. The lowest BCUT2D eigenvalue weighted by Crippen LogP contribution is -2.14. The molecular weight excluding hydrogens is 427 g/mol. The lowest BCUT2D eigenvalue weighted by Gasteiger charge is -2.09. The van der Waals surface area contributed by atoms with Crippen LogP contribution in [0.1, 0.15) is 28.4 Å². The zero-order chi connectivity index (χ0) is 16.3. The van der Waals surface area contributed by atoms with Crippen LogP contribution >= 0.6 is 22.6 Å². The van der Waals surface area contributed by atoms with Crippen LogP contribution in [0.3, 0.4) is 0 Å². The van der Waals surface area contributed by atoms with Crippen LogP contribution in [0.5, 0.6) is 0 Å². The zero-order valence-electron chi connectivity index (χ0n) is 12.5. The fourth-order valence-corrected chi connectivity index (χ4v) is 3.59. The summed E-state index contributed by atoms with van der Waals surface area (Å²) < 4.78 is 24.6. The number of rotatable bonds is 5. The van der Waals surface area contributed by atoms with Crippen molar-refractivity contribution in [1.29, 1.82) is 0 Å². The Morgan fingerprint density at radius 2 is 1.74 bits per heavy atom. The number of carbonyl (C=O) groups is 1. The molecule has 0 saturated heterocycles. The number of hydrogen-bond acceptors (Lipinski definition) is 3. The number of hydrogen-bond donors (Lipinski definition) is 1. The lowest BCUT2D eigenvalue weighted by atomic mass is 9.99. The molecule has 121 valence electrons. The number of amides is 1. The van der Waals surface area contributed by atoms with Crippen LogP contribution < -0.4 is 11.9 Å². The average molecular weight is 443 g/mol. The average Bonchev–Trinajstić information content (AvgIpc) is 2.47. The number of carbonyl (C=O) groups excluding carboxylic acids is 1. The summed E-state index contributed by atoms with van der Waals surface area (Å²) in [6.07, 6.45) is 0.529. The Kier molecular flexibility index (Phi) is 6.72. The molecule has 0 bridgehead atoms. The Balaban J connectivity index is 0.00000264. The van der Waals surface area contributed by atoms with Crippen molar-refractivity contribution >= 4 is 38.3 Å². The SMILES string of the molecule is CCS(=O)(=O)c1ccc(Cc2cc(I)ccc2C(N)=O)cc1.[N]. The molecule has 0 fully saturated rings. The van der Waals surface area contributed by atoms with E-state index in [4.69, 9.17) is 5.73 Å². The first kappa shape index (κ1) is 19.6. The summed E-state index contributed by atoms with van der Waals surface area (Å²) in [4.78, 5) is 11.8. The molecule has 0 unspecified atom stereocenters. The van der Waals surface area contributed by atoms with E-state index in [-0.39, 0.29) is 11.9 Å². The Hall–Kier alpha value is -1.45. The third kappa shape index (κ3) is 4.76. The predicted octanol–water partition coefficient (Wildman–Crippen LogP) is 2.29. The first-order valence-corrected chi connectivity index (χ1v) is 9.46. The maximum Gasteiger partial charge on any atom is 0.248 e. The van der Waals surface area contributed by atoms with E-state index in [1.165, 1.54) is 0 Å². The van der Waals surface area contributed by atoms with Crippen molar-refractivity contribution < 1.29 is 13.2 Å². The highest BCUT2D eigenvalue weighted by molar-refractivity contribution is 14.1. The van der Waals surface area contributed by atoms with E-state index in [0.29, 0.717) is 16.9 Å². The van der Waals surface area contributed by atoms with E-state index in [9.17, 15) is 13.2 Å². The van der Waals surface area contributed by atoms with E-state index in [1.54, 1.807) is 37.3 Å². The third-order valence-corrected chi connectivity index (χ3v) is 5.81. The summed E-state index contributed by atoms with van der Waals surface area (Å²) in [6.45, 7) is 1.62. The fraction of sp³-hybridized carbons (Fsp3) is 0.188. The minimum absolute atomic E-state index is 0. The molecule has 2 aromatic carbocycles. The van der Waals surface area contributed by atoms with Crippen molar-refractivity contribution in [3.8, 4) is 0 Å². The zero-order valence-corrected chi connectivity index (χ0v) is 15.5. The van der Waals surface area contributed by atoms with Crippen LogP contribution in [0.4, 0.5) is 0 Å². The van der Waals surface area contributed by atoms with Gasteiger partial charge in [0.1, 0.15) is 0 Å². The second kappa shape index (κ2) is 7.89. The molecule has 0 aromatic heterocycles. The second-order valence-corrected chi connectivity index (χ2v) is 8.41. The van der Waals surface area contributed by atoms with Crippen LogP contribution in [0.25, 0.3) is 0 Å². The molecule has 1 amide bonds. The molecule has 5 nitrogen and oxygen atoms in total. The Labute approximate surface area is 149 Å². The van der Waals surface area contributed by atoms with Gasteiger partial charge in [-0.2, -0.15) is 0 Å². The monoisotopic (exact) mass is 443 g/mol. The van der Waals surface area contributed by atoms with Crippen LogP contribution in [0.15, 0.2) is 47.4 Å². The van der Waals surface area contributed by atoms with Gasteiger partial charge in [-0.3, -0.25) is 4.79 Å². The summed E-state index contributed by atoms with van der Waals surface area (Å²) in [7, 11) is -3.19. The van der Waals surface area contributed by atoms with Crippen LogP contribution in [0.2, 0.25) is 0 Å². The summed E-state index contributed by atoms with van der Waals surface area (Å²) in [5, 5.41) is 0. The first-order chi connectivity index (χ1) is 10.3. The number of nitrogens with two attached hydrogens (primary N) is 1. The van der Waals surface area contributed by atoms with Gasteiger partial charge in [-0.25, -0.2) is 8.42 Å². The molecule has 7 heteroatoms. The molecule has 2 N–H and O–H groups in total. The first-order valence-electron chi connectivity index (χ1n) is 6.73. The molecular formula is C16H16IN2O3S. The normalized spacial score (nSPS) is 10.9. The van der Waals surface area contributed by atoms with Crippen molar-refractivity contribution in [3.63, 3.8) is 0 Å². The topological polar surface area (TPSA) is 108 Å². The van der Waals surface area contributed by atoms with E-state index in [2.05, 4.69) is 22.6 Å². The maximum atomic E-state index is 11.8. The van der Waals surface area contributed by atoms with E-state index in [0.717, 1.165) is 14.7 Å². The van der Waals surface area contributed by atoms with Gasteiger partial charge in [0.2, 0.25) is 5.91 Å². The molecule has 0 aliphatic heterocycles. The molecule has 2 rings (SSSR count). The van der Waals surface area contributed by atoms with Crippen LogP contribution in [-0.2, 0) is 16.3 Å². The van der Waals surface area contributed by atoms with Gasteiger partial charge in [-0.05, 0) is 70.5 Å². The van der Waals surface area contributed by atoms with Crippen LogP contribution in [0, 0.1) is 3.57 Å². The van der Waals surface area contributed by atoms with Crippen molar-refractivity contribution in [3.05, 3.63) is 62.7 Å². The molecule has 0 saturated carbocycles. The molecule has 0 atom stereocenters. The van der Waals surface area contributed by atoms with Gasteiger partial charge < -0.3 is 5.73 Å². The predicted molar refractivity (Wildman–Crippen MR) is 96.8 cm³/mol. The molecule has 2 aromatic rings. The van der Waals surface area contributed by atoms with Gasteiger partial charge in [0.15, 0.2) is 9.84 Å². The van der Waals surface area contributed by atoms with Gasteiger partial charge in [0.05, 0.1) is 10.6 Å². The van der Waals surface area contributed by atoms with Crippen molar-refractivity contribution in [1.82, 2.24) is 6.15 Å². The molecule has 0 aliphatic carbocycles. The Morgan fingerprint density at radius 3 is 2.26 bits per heavy atom. The highest BCUT2D eigenvalue weighted by Gasteiger charge is 2.12. The Morgan fingerprint density at radius 1 is 1.13 bits per heavy atom. The van der Waals surface area contributed by atoms with Crippen molar-refractivity contribution in [2.75, 3.05) is 5.75 Å². The van der Waals surface area contributed by atoms with Gasteiger partial charge >= 0.3 is 0 Å². The van der Waals surface area contributed by atoms with Crippen molar-refractivity contribution in [2.45, 2.75) is 18.2 Å². The van der Waals surface area contributed by atoms with E-state index in [1.807, 2.05) is 12.1 Å². The summed E-state index contributed by atoms with van der Waals surface area (Å²) in [5.41, 5.74) is 7.66. The summed E-state index contributed by atoms with van der Waals surface area (Å²) in [5.74, 6) is -0.383. The molecule has 23 heavy (non-hydrogen) atoms. The number of benzene rings is 2. The largest absolute Gasteiger partial charge is 0.366 e. The smallest absolute Gasteiger partial charge is 0.248 e. The quantitative estimate of drug-likeness (QED) is 0.717. The van der Waals surface area contributed by atoms with E-state index >= 15 is 0 Å². The molecule has 3 radical (unpaired) electrons. The highest BCUT2D eigenvalue weighted by Crippen LogP contribution is 2.19. The number of nitrogens with zero attached hydrogens (tertiary/aromatic N) is 1. The summed E-state index contributed by atoms with van der Waals surface area (Å²) in [6, 6.07) is 12.2. The fourth-order valence-electron chi connectivity index (χ4n) is 2.15. The molecule has 0 aliphatic rings. The third-order valence-electron chi connectivity index (χ3n) is 3.39. The maximum absolute atomic E-state index is 11.8. The Bertz CT molecular complexity index is 803. The lowest BCUT2D eigenvalue weighted by molar-refractivity contribution is 0.0999. The molecule has 0 spiro atoms. The van der Waals surface area contributed by atoms with Gasteiger partial charge in [-0.1, -0.05) is 19.1 Å². The van der Waals surface area contributed by atoms with Crippen molar-refractivity contribution in [2.24, 2.45) is 5.73 Å². The number of halogens is 1. The van der Waals surface area contributed by atoms with Gasteiger partial charge in [0.25, 0.3) is 0 Å². The summed E-state index contributed by atoms with van der Waals surface area (Å²) >= 11 is 2.18. The van der Waals surface area contributed by atoms with E-state index < -0.39 is 15.7 Å². The molecule has 0 heterocycles. The standard InChI is InChI=1S/C16H16INO3S.N/c1-2-22(20,21)14-6-3-11(4-7-14)9-12-10-13(17)5-8-15(12)16(18)19;/h3-8,10H,2,9H2,1H3,(H2,18,19);. The highest BCUT2D eigenvalue weighted by atomic mass is 127. The van der Waals surface area contributed by atoms with Gasteiger partial charge in [0, 0.05) is 15.3 Å². The van der Waals surface area contributed by atoms with Gasteiger partial charge in [-0.15, -0.1) is 0 Å². The number of sulfone groups is 1. The second-order valence-electron chi connectivity index (χ2n) is 4.89.